The number of alkyl halides is 3. The van der Waals surface area contributed by atoms with Crippen molar-refractivity contribution in [3.05, 3.63) is 47.0 Å². The molecular weight excluding hydrogens is 373 g/mol. The molecule has 2 heterocycles. The summed E-state index contributed by atoms with van der Waals surface area (Å²) in [6.07, 6.45) is -0.468. The van der Waals surface area contributed by atoms with Gasteiger partial charge in [-0.25, -0.2) is 4.98 Å². The Morgan fingerprint density at radius 3 is 2.57 bits per heavy atom. The zero-order valence-corrected chi connectivity index (χ0v) is 15.0. The van der Waals surface area contributed by atoms with Gasteiger partial charge in [0.1, 0.15) is 5.69 Å². The van der Waals surface area contributed by atoms with Crippen LogP contribution in [0.3, 0.4) is 0 Å². The lowest BCUT2D eigenvalue weighted by Gasteiger charge is -2.17. The molecule has 1 fully saturated rings. The Kier molecular flexibility index (Phi) is 4.60. The molecule has 2 amide bonds. The number of nitrogens with zero attached hydrogens (tertiary/aromatic N) is 2. The van der Waals surface area contributed by atoms with Crippen molar-refractivity contribution in [3.63, 3.8) is 0 Å². The van der Waals surface area contributed by atoms with Crippen molar-refractivity contribution < 1.29 is 22.8 Å². The number of para-hydroxylation sites is 1. The first-order valence-corrected chi connectivity index (χ1v) is 9.22. The molecule has 1 aliphatic carbocycles. The molecule has 0 atom stereocenters. The zero-order chi connectivity index (χ0) is 19.9. The van der Waals surface area contributed by atoms with Crippen molar-refractivity contribution in [2.45, 2.75) is 50.9 Å². The van der Waals surface area contributed by atoms with Crippen LogP contribution in [0.25, 0.3) is 0 Å². The molecule has 0 spiro atoms. The number of aromatic nitrogens is 2. The van der Waals surface area contributed by atoms with Gasteiger partial charge in [-0.2, -0.15) is 13.2 Å². The first-order valence-electron chi connectivity index (χ1n) is 9.22. The molecule has 0 unspecified atom stereocenters. The summed E-state index contributed by atoms with van der Waals surface area (Å²) in [4.78, 5) is 29.4. The number of benzene rings is 1. The predicted octanol–water partition coefficient (Wildman–Crippen LogP) is 3.38. The molecule has 0 radical (unpaired) electrons. The minimum absolute atomic E-state index is 0.0346. The van der Waals surface area contributed by atoms with Crippen LogP contribution in [0, 0.1) is 0 Å². The van der Waals surface area contributed by atoms with Gasteiger partial charge in [-0.15, -0.1) is 0 Å². The highest BCUT2D eigenvalue weighted by molar-refractivity contribution is 6.04. The van der Waals surface area contributed by atoms with Gasteiger partial charge in [0.2, 0.25) is 0 Å². The number of hydrogen-bond donors (Lipinski definition) is 2. The molecule has 148 valence electrons. The lowest BCUT2D eigenvalue weighted by molar-refractivity contribution is -0.136. The van der Waals surface area contributed by atoms with Crippen LogP contribution in [-0.2, 0) is 19.1 Å². The van der Waals surface area contributed by atoms with Gasteiger partial charge in [0, 0.05) is 12.6 Å². The molecule has 2 N–H and O–H groups in total. The molecule has 4 rings (SSSR count). The summed E-state index contributed by atoms with van der Waals surface area (Å²) in [6, 6.07) is 4.92. The number of hydrogen-bond acceptors (Lipinski definition) is 3. The summed E-state index contributed by atoms with van der Waals surface area (Å²) in [5.74, 6) is -1.12. The second-order valence-electron chi connectivity index (χ2n) is 7.08. The van der Waals surface area contributed by atoms with Crippen LogP contribution in [0.2, 0.25) is 0 Å². The van der Waals surface area contributed by atoms with Gasteiger partial charge < -0.3 is 15.2 Å². The lowest BCUT2D eigenvalue weighted by atomic mass is 10.1. The monoisotopic (exact) mass is 392 g/mol. The van der Waals surface area contributed by atoms with E-state index in [1.807, 2.05) is 0 Å². The number of imidazole rings is 1. The predicted molar refractivity (Wildman–Crippen MR) is 95.1 cm³/mol. The fraction of sp³-hybridized carbons (Fsp3) is 0.421. The van der Waals surface area contributed by atoms with Crippen LogP contribution in [0.5, 0.6) is 0 Å². The Morgan fingerprint density at radius 2 is 1.86 bits per heavy atom. The summed E-state index contributed by atoms with van der Waals surface area (Å²) >= 11 is 0. The SMILES string of the molecule is O=C(NC1CC1)c1nc(C(=O)Nc2ccccc2C(F)(F)F)n2c1CCCC2. The fourth-order valence-electron chi connectivity index (χ4n) is 3.40. The largest absolute Gasteiger partial charge is 0.418 e. The second-order valence-corrected chi connectivity index (χ2v) is 7.08. The molecule has 28 heavy (non-hydrogen) atoms. The molecule has 1 aromatic heterocycles. The Hall–Kier alpha value is -2.84. The first-order chi connectivity index (χ1) is 13.3. The van der Waals surface area contributed by atoms with Gasteiger partial charge in [0.05, 0.1) is 16.9 Å². The topological polar surface area (TPSA) is 76.0 Å². The van der Waals surface area contributed by atoms with Crippen molar-refractivity contribution in [3.8, 4) is 0 Å². The highest BCUT2D eigenvalue weighted by Gasteiger charge is 2.35. The summed E-state index contributed by atoms with van der Waals surface area (Å²) in [5.41, 5.74) is -0.405. The van der Waals surface area contributed by atoms with Crippen LogP contribution in [-0.4, -0.2) is 27.4 Å². The maximum atomic E-state index is 13.2. The molecule has 0 bridgehead atoms. The molecule has 2 aliphatic rings. The Bertz CT molecular complexity index is 932. The third kappa shape index (κ3) is 3.61. The maximum absolute atomic E-state index is 13.2. The van der Waals surface area contributed by atoms with E-state index in [4.69, 9.17) is 0 Å². The first kappa shape index (κ1) is 18.5. The van der Waals surface area contributed by atoms with E-state index >= 15 is 0 Å². The number of halogens is 3. The Morgan fingerprint density at radius 1 is 1.11 bits per heavy atom. The van der Waals surface area contributed by atoms with Gasteiger partial charge in [-0.05, 0) is 44.2 Å². The van der Waals surface area contributed by atoms with Crippen LogP contribution in [0.1, 0.15) is 58.0 Å². The van der Waals surface area contributed by atoms with E-state index in [2.05, 4.69) is 15.6 Å². The highest BCUT2D eigenvalue weighted by Crippen LogP contribution is 2.35. The third-order valence-corrected chi connectivity index (χ3v) is 4.93. The smallest absolute Gasteiger partial charge is 0.348 e. The van der Waals surface area contributed by atoms with E-state index < -0.39 is 17.6 Å². The molecule has 2 aromatic rings. The molecule has 1 saturated carbocycles. The van der Waals surface area contributed by atoms with Crippen molar-refractivity contribution in [2.24, 2.45) is 0 Å². The number of fused-ring (bicyclic) bond motifs is 1. The number of carbonyl (C=O) groups excluding carboxylic acids is 2. The number of nitrogens with one attached hydrogen (secondary N) is 2. The lowest BCUT2D eigenvalue weighted by Crippen LogP contribution is -2.27. The normalized spacial score (nSPS) is 16.4. The van der Waals surface area contributed by atoms with Crippen LogP contribution in [0.15, 0.2) is 24.3 Å². The van der Waals surface area contributed by atoms with E-state index in [0.717, 1.165) is 31.7 Å². The maximum Gasteiger partial charge on any atom is 0.418 e. The quantitative estimate of drug-likeness (QED) is 0.838. The van der Waals surface area contributed by atoms with Gasteiger partial charge in [0.25, 0.3) is 11.8 Å². The molecule has 0 saturated heterocycles. The molecule has 1 aromatic carbocycles. The number of amides is 2. The minimum Gasteiger partial charge on any atom is -0.348 e. The van der Waals surface area contributed by atoms with E-state index in [0.29, 0.717) is 18.7 Å². The Labute approximate surface area is 159 Å². The number of rotatable bonds is 4. The van der Waals surface area contributed by atoms with E-state index in [9.17, 15) is 22.8 Å². The molecule has 6 nitrogen and oxygen atoms in total. The second kappa shape index (κ2) is 6.96. The summed E-state index contributed by atoms with van der Waals surface area (Å²) in [5, 5.41) is 5.17. The Balaban J connectivity index is 1.65. The van der Waals surface area contributed by atoms with Crippen molar-refractivity contribution in [2.75, 3.05) is 5.32 Å². The van der Waals surface area contributed by atoms with Gasteiger partial charge in [-0.1, -0.05) is 12.1 Å². The molecule has 1 aliphatic heterocycles. The van der Waals surface area contributed by atoms with Crippen molar-refractivity contribution in [1.82, 2.24) is 14.9 Å². The van der Waals surface area contributed by atoms with E-state index in [1.165, 1.54) is 18.2 Å². The van der Waals surface area contributed by atoms with Crippen LogP contribution < -0.4 is 10.6 Å². The summed E-state index contributed by atoms with van der Waals surface area (Å²) in [6.45, 7) is 0.503. The van der Waals surface area contributed by atoms with E-state index in [-0.39, 0.29) is 29.2 Å². The van der Waals surface area contributed by atoms with Gasteiger partial charge in [-0.3, -0.25) is 9.59 Å². The molecular formula is C19H19F3N4O2. The van der Waals surface area contributed by atoms with Gasteiger partial charge in [0.15, 0.2) is 5.82 Å². The van der Waals surface area contributed by atoms with Crippen molar-refractivity contribution >= 4 is 17.5 Å². The average molecular weight is 392 g/mol. The average Bonchev–Trinajstić information content (AvgIpc) is 3.38. The number of carbonyl (C=O) groups is 2. The van der Waals surface area contributed by atoms with Crippen molar-refractivity contribution in [1.29, 1.82) is 0 Å². The minimum atomic E-state index is -4.59. The zero-order valence-electron chi connectivity index (χ0n) is 15.0. The standard InChI is InChI=1S/C19H19F3N4O2/c20-19(21,22)12-5-1-2-6-13(12)24-18(28)16-25-15(17(27)23-11-8-9-11)14-7-3-4-10-26(14)16/h1-2,5-6,11H,3-4,7-10H2,(H,23,27)(H,24,28). The van der Waals surface area contributed by atoms with Crippen LogP contribution in [0.4, 0.5) is 18.9 Å². The summed E-state index contributed by atoms with van der Waals surface area (Å²) < 4.78 is 41.2. The van der Waals surface area contributed by atoms with Crippen LogP contribution >= 0.6 is 0 Å². The van der Waals surface area contributed by atoms with E-state index in [1.54, 1.807) is 4.57 Å². The number of anilines is 1. The fourth-order valence-corrected chi connectivity index (χ4v) is 3.40. The highest BCUT2D eigenvalue weighted by atomic mass is 19.4. The van der Waals surface area contributed by atoms with Gasteiger partial charge >= 0.3 is 6.18 Å². The third-order valence-electron chi connectivity index (χ3n) is 4.93. The molecule has 9 heteroatoms. The summed E-state index contributed by atoms with van der Waals surface area (Å²) in [7, 11) is 0.